The molecule has 5 nitrogen and oxygen atoms in total. The summed E-state index contributed by atoms with van der Waals surface area (Å²) in [6.45, 7) is 3.62. The van der Waals surface area contributed by atoms with E-state index in [1.807, 2.05) is 11.2 Å². The number of nitrogen functional groups attached to an aromatic ring is 1. The summed E-state index contributed by atoms with van der Waals surface area (Å²) in [4.78, 5) is 10.5. The first kappa shape index (κ1) is 13.1. The lowest BCUT2D eigenvalue weighted by atomic mass is 10.4. The zero-order valence-electron chi connectivity index (χ0n) is 9.68. The van der Waals surface area contributed by atoms with E-state index >= 15 is 0 Å². The van der Waals surface area contributed by atoms with Gasteiger partial charge in [-0.15, -0.1) is 0 Å². The molecule has 1 aromatic rings. The summed E-state index contributed by atoms with van der Waals surface area (Å²) in [6.07, 6.45) is 2.91. The van der Waals surface area contributed by atoms with Gasteiger partial charge in [-0.05, 0) is 12.7 Å². The molecule has 1 rings (SSSR count). The lowest BCUT2D eigenvalue weighted by Gasteiger charge is -2.22. The van der Waals surface area contributed by atoms with Crippen molar-refractivity contribution < 1.29 is 5.11 Å². The highest BCUT2D eigenvalue weighted by atomic mass is 32.2. The number of nitrogens with zero attached hydrogens (tertiary/aromatic N) is 3. The lowest BCUT2D eigenvalue weighted by Crippen LogP contribution is -2.28. The Balaban J connectivity index is 2.93. The van der Waals surface area contributed by atoms with Crippen LogP contribution in [0.4, 0.5) is 11.6 Å². The van der Waals surface area contributed by atoms with Crippen LogP contribution in [0, 0.1) is 0 Å². The fourth-order valence-corrected chi connectivity index (χ4v) is 1.80. The maximum absolute atomic E-state index is 9.00. The Kier molecular flexibility index (Phi) is 5.34. The third-order valence-electron chi connectivity index (χ3n) is 2.08. The molecular weight excluding hydrogens is 224 g/mol. The van der Waals surface area contributed by atoms with Crippen molar-refractivity contribution in [2.45, 2.75) is 18.5 Å². The molecule has 0 spiro atoms. The number of rotatable bonds is 6. The minimum Gasteiger partial charge on any atom is -0.395 e. The van der Waals surface area contributed by atoms with Crippen LogP contribution in [-0.2, 0) is 0 Å². The SMILES string of the molecule is CCCN(CCO)c1cc(N)nc(SC)n1. The van der Waals surface area contributed by atoms with E-state index in [1.165, 1.54) is 11.8 Å². The van der Waals surface area contributed by atoms with Gasteiger partial charge in [-0.3, -0.25) is 0 Å². The number of aliphatic hydroxyl groups is 1. The van der Waals surface area contributed by atoms with Crippen LogP contribution in [0.5, 0.6) is 0 Å². The zero-order valence-corrected chi connectivity index (χ0v) is 10.5. The third-order valence-corrected chi connectivity index (χ3v) is 2.63. The first-order valence-electron chi connectivity index (χ1n) is 5.25. The van der Waals surface area contributed by atoms with Crippen molar-refractivity contribution in [1.29, 1.82) is 0 Å². The van der Waals surface area contributed by atoms with Gasteiger partial charge in [0.2, 0.25) is 0 Å². The van der Waals surface area contributed by atoms with Crippen LogP contribution in [-0.4, -0.2) is 41.0 Å². The van der Waals surface area contributed by atoms with Gasteiger partial charge < -0.3 is 15.7 Å². The number of aromatic nitrogens is 2. The van der Waals surface area contributed by atoms with Crippen LogP contribution >= 0.6 is 11.8 Å². The maximum Gasteiger partial charge on any atom is 0.191 e. The molecule has 0 aliphatic carbocycles. The highest BCUT2D eigenvalue weighted by Crippen LogP contribution is 2.18. The van der Waals surface area contributed by atoms with Gasteiger partial charge in [-0.1, -0.05) is 18.7 Å². The molecule has 0 saturated heterocycles. The van der Waals surface area contributed by atoms with Crippen LogP contribution in [0.25, 0.3) is 0 Å². The molecule has 0 radical (unpaired) electrons. The van der Waals surface area contributed by atoms with E-state index in [2.05, 4.69) is 16.9 Å². The van der Waals surface area contributed by atoms with Gasteiger partial charge in [0.25, 0.3) is 0 Å². The molecule has 0 saturated carbocycles. The van der Waals surface area contributed by atoms with Crippen molar-refractivity contribution in [1.82, 2.24) is 9.97 Å². The summed E-state index contributed by atoms with van der Waals surface area (Å²) in [5, 5.41) is 9.66. The van der Waals surface area contributed by atoms with Crippen LogP contribution in [0.1, 0.15) is 13.3 Å². The predicted octanol–water partition coefficient (Wildman–Crippen LogP) is 0.989. The number of hydrogen-bond acceptors (Lipinski definition) is 6. The van der Waals surface area contributed by atoms with E-state index < -0.39 is 0 Å². The summed E-state index contributed by atoms with van der Waals surface area (Å²) < 4.78 is 0. The molecule has 0 atom stereocenters. The Labute approximate surface area is 100 Å². The van der Waals surface area contributed by atoms with Crippen molar-refractivity contribution in [3.8, 4) is 0 Å². The number of aliphatic hydroxyl groups excluding tert-OH is 1. The molecule has 16 heavy (non-hydrogen) atoms. The van der Waals surface area contributed by atoms with E-state index in [9.17, 15) is 0 Å². The van der Waals surface area contributed by atoms with Crippen molar-refractivity contribution in [2.24, 2.45) is 0 Å². The lowest BCUT2D eigenvalue weighted by molar-refractivity contribution is 0.301. The van der Waals surface area contributed by atoms with Crippen LogP contribution in [0.3, 0.4) is 0 Å². The number of anilines is 2. The monoisotopic (exact) mass is 242 g/mol. The normalized spacial score (nSPS) is 10.4. The van der Waals surface area contributed by atoms with Crippen molar-refractivity contribution in [3.63, 3.8) is 0 Å². The summed E-state index contributed by atoms with van der Waals surface area (Å²) in [5.41, 5.74) is 5.71. The van der Waals surface area contributed by atoms with Crippen molar-refractivity contribution in [2.75, 3.05) is 36.6 Å². The minimum absolute atomic E-state index is 0.110. The molecular formula is C10H18N4OS. The van der Waals surface area contributed by atoms with Gasteiger partial charge in [0.1, 0.15) is 11.6 Å². The Hall–Kier alpha value is -1.01. The van der Waals surface area contributed by atoms with Gasteiger partial charge >= 0.3 is 0 Å². The van der Waals surface area contributed by atoms with Crippen molar-refractivity contribution >= 4 is 23.4 Å². The second-order valence-electron chi connectivity index (χ2n) is 3.35. The van der Waals surface area contributed by atoms with Gasteiger partial charge in [0.05, 0.1) is 6.61 Å². The second kappa shape index (κ2) is 6.55. The molecule has 0 aliphatic rings. The predicted molar refractivity (Wildman–Crippen MR) is 67.8 cm³/mol. The van der Waals surface area contributed by atoms with E-state index in [0.717, 1.165) is 18.8 Å². The molecule has 0 unspecified atom stereocenters. The Bertz CT molecular complexity index is 329. The standard InChI is InChI=1S/C10H18N4OS/c1-3-4-14(5-6-15)9-7-8(11)12-10(13-9)16-2/h7,15H,3-6H2,1-2H3,(H2,11,12,13). The topological polar surface area (TPSA) is 75.3 Å². The van der Waals surface area contributed by atoms with Crippen molar-refractivity contribution in [3.05, 3.63) is 6.07 Å². The maximum atomic E-state index is 9.00. The highest BCUT2D eigenvalue weighted by Gasteiger charge is 2.09. The van der Waals surface area contributed by atoms with Crippen LogP contribution in [0.2, 0.25) is 0 Å². The number of nitrogens with two attached hydrogens (primary N) is 1. The molecule has 0 aromatic carbocycles. The third kappa shape index (κ3) is 3.53. The average molecular weight is 242 g/mol. The Morgan fingerprint density at radius 1 is 1.44 bits per heavy atom. The molecule has 90 valence electrons. The van der Waals surface area contributed by atoms with Crippen LogP contribution < -0.4 is 10.6 Å². The van der Waals surface area contributed by atoms with E-state index in [1.54, 1.807) is 6.07 Å². The van der Waals surface area contributed by atoms with Crippen LogP contribution in [0.15, 0.2) is 11.2 Å². The summed E-state index contributed by atoms with van der Waals surface area (Å²) >= 11 is 1.46. The minimum atomic E-state index is 0.110. The molecule has 3 N–H and O–H groups in total. The average Bonchev–Trinajstić information content (AvgIpc) is 2.28. The van der Waals surface area contributed by atoms with E-state index in [0.29, 0.717) is 17.5 Å². The smallest absolute Gasteiger partial charge is 0.191 e. The Morgan fingerprint density at radius 2 is 2.19 bits per heavy atom. The molecule has 6 heteroatoms. The first-order chi connectivity index (χ1) is 7.71. The van der Waals surface area contributed by atoms with Gasteiger partial charge in [0.15, 0.2) is 5.16 Å². The van der Waals surface area contributed by atoms with E-state index in [-0.39, 0.29) is 6.61 Å². The summed E-state index contributed by atoms with van der Waals surface area (Å²) in [6, 6.07) is 1.74. The van der Waals surface area contributed by atoms with E-state index in [4.69, 9.17) is 10.8 Å². The van der Waals surface area contributed by atoms with Gasteiger partial charge in [0, 0.05) is 19.2 Å². The zero-order chi connectivity index (χ0) is 12.0. The van der Waals surface area contributed by atoms with Gasteiger partial charge in [-0.25, -0.2) is 9.97 Å². The largest absolute Gasteiger partial charge is 0.395 e. The fourth-order valence-electron chi connectivity index (χ4n) is 1.42. The highest BCUT2D eigenvalue weighted by molar-refractivity contribution is 7.98. The molecule has 0 amide bonds. The first-order valence-corrected chi connectivity index (χ1v) is 6.48. The number of hydrogen-bond donors (Lipinski definition) is 2. The Morgan fingerprint density at radius 3 is 2.75 bits per heavy atom. The molecule has 0 bridgehead atoms. The quantitative estimate of drug-likeness (QED) is 0.572. The van der Waals surface area contributed by atoms with Gasteiger partial charge in [-0.2, -0.15) is 0 Å². The number of thioether (sulfide) groups is 1. The fraction of sp³-hybridized carbons (Fsp3) is 0.600. The molecule has 0 aliphatic heterocycles. The molecule has 1 aromatic heterocycles. The molecule has 1 heterocycles. The summed E-state index contributed by atoms with van der Waals surface area (Å²) in [7, 11) is 0. The second-order valence-corrected chi connectivity index (χ2v) is 4.12. The molecule has 0 fully saturated rings. The summed E-state index contributed by atoms with van der Waals surface area (Å²) in [5.74, 6) is 1.25.